The van der Waals surface area contributed by atoms with Gasteiger partial charge in [0.1, 0.15) is 82.1 Å². The molecule has 6 aliphatic carbocycles. The van der Waals surface area contributed by atoms with Gasteiger partial charge in [-0.15, -0.1) is 35.8 Å². The molecule has 2 amide bonds. The second-order valence-electron chi connectivity index (χ2n) is 41.8. The maximum atomic E-state index is 15.0. The molecule has 6 aromatic rings. The molecule has 16 atom stereocenters. The van der Waals surface area contributed by atoms with Gasteiger partial charge in [-0.05, 0) is 150 Å². The topological polar surface area (TPSA) is 316 Å². The van der Waals surface area contributed by atoms with Crippen LogP contribution in [-0.2, 0) is 52.6 Å². The van der Waals surface area contributed by atoms with E-state index >= 15 is 0 Å². The van der Waals surface area contributed by atoms with Crippen molar-refractivity contribution in [3.05, 3.63) is 82.5 Å². The first kappa shape index (κ1) is 102. The largest absolute Gasteiger partial charge is 0.491 e. The third kappa shape index (κ3) is 24.8. The van der Waals surface area contributed by atoms with Crippen LogP contribution >= 0.6 is 45.9 Å². The number of aliphatic carboxylic acids is 1. The number of amides is 2. The zero-order chi connectivity index (χ0) is 98.4. The Balaban J connectivity index is 0.000000208. The summed E-state index contributed by atoms with van der Waals surface area (Å²) in [6, 6.07) is 8.69. The molecule has 4 unspecified atom stereocenters. The number of methoxy groups -OCH3 is 1. The summed E-state index contributed by atoms with van der Waals surface area (Å²) >= 11 is 17.0. The number of rotatable bonds is 38. The SMILES string of the molecule is C=C[C@@H]1CC1(CC(=O)[C@@H]1C[C@@H](Oc2cc(-c3csc(NC(C)C)n3)nc3c(Cl)c(OCCN4CCN(CC(F)(F)F)CC4)ccc23)CN1C(=O)[C@@H](CC(=O)OC1C[C@@H]2C[C@@H]2C1)C(C)(C)C)C(=O)O.C=C[C@@H]1CC1(CC(=O)[C@@H]1C[C@@H](Oc2cc(-c3csc(NC(C)C)n3)nc3c(Cl)c(OCCN4CCN(CC(F)(F)F)CC4)ccc23)CN1C(=O)[C@@H](CC(=O)OC1C[C@@H]2C[C@@H]2C1)C(C)(C)C)C(=O)OC. The number of alkyl halides is 6. The predicted molar refractivity (Wildman–Crippen MR) is 508 cm³/mol. The highest BCUT2D eigenvalue weighted by atomic mass is 35.5. The van der Waals surface area contributed by atoms with Gasteiger partial charge < -0.3 is 58.7 Å². The number of carboxylic acid groups (broad SMARTS) is 1. The van der Waals surface area contributed by atoms with Crippen LogP contribution in [0.1, 0.15) is 159 Å². The zero-order valence-corrected chi connectivity index (χ0v) is 82.7. The number of thiazole rings is 2. The number of ketones is 2. The van der Waals surface area contributed by atoms with Crippen LogP contribution in [0.25, 0.3) is 44.6 Å². The number of fused-ring (bicyclic) bond motifs is 4. The number of aromatic nitrogens is 4. The number of hydrogen-bond donors (Lipinski definition) is 3. The molecule has 16 rings (SSSR count). The Morgan fingerprint density at radius 2 is 0.891 bits per heavy atom. The molecule has 10 aliphatic rings. The van der Waals surface area contributed by atoms with Gasteiger partial charge in [0.15, 0.2) is 21.8 Å². The summed E-state index contributed by atoms with van der Waals surface area (Å²) in [4.78, 5) is 141. The molecule has 8 heterocycles. The second-order valence-corrected chi connectivity index (χ2v) is 44.2. The highest BCUT2D eigenvalue weighted by Crippen LogP contribution is 2.60. The lowest BCUT2D eigenvalue weighted by Gasteiger charge is -2.35. The van der Waals surface area contributed by atoms with Gasteiger partial charge in [0.05, 0.1) is 103 Å². The van der Waals surface area contributed by atoms with E-state index in [0.29, 0.717) is 173 Å². The Bertz CT molecular complexity index is 5460. The van der Waals surface area contributed by atoms with Crippen LogP contribution in [-0.4, -0.2) is 275 Å². The third-order valence-corrected chi connectivity index (χ3v) is 31.1. The van der Waals surface area contributed by atoms with Gasteiger partial charge in [-0.2, -0.15) is 26.3 Å². The van der Waals surface area contributed by atoms with Crippen molar-refractivity contribution in [3.8, 4) is 45.8 Å². The first-order chi connectivity index (χ1) is 64.7. The van der Waals surface area contributed by atoms with Crippen molar-refractivity contribution >= 4 is 125 Å². The van der Waals surface area contributed by atoms with E-state index in [0.717, 1.165) is 25.7 Å². The summed E-state index contributed by atoms with van der Waals surface area (Å²) in [5, 5.41) is 23.5. The number of Topliss-reactive ketones (excluding diaryl/α,β-unsaturated/α-hetero) is 2. The van der Waals surface area contributed by atoms with E-state index in [4.69, 9.17) is 76.3 Å². The van der Waals surface area contributed by atoms with Crippen molar-refractivity contribution in [3.63, 3.8) is 0 Å². The number of allylic oxidation sites excluding steroid dienone is 2. The quantitative estimate of drug-likeness (QED) is 0.0140. The average Bonchev–Trinajstić information content (AvgIpc) is 1.58. The smallest absolute Gasteiger partial charge is 0.401 e. The number of hydrogen-bond acceptors (Lipinski definition) is 27. The number of esters is 3. The number of likely N-dealkylation sites (tertiary alicyclic amines) is 2. The Kier molecular flexibility index (Phi) is 31.1. The lowest BCUT2D eigenvalue weighted by molar-refractivity contribution is -0.157. The number of pyridine rings is 2. The van der Waals surface area contributed by atoms with Crippen molar-refractivity contribution in [1.82, 2.24) is 49.3 Å². The van der Waals surface area contributed by atoms with Gasteiger partial charge in [0, 0.05) is 137 Å². The molecule has 0 bridgehead atoms. The van der Waals surface area contributed by atoms with Crippen LogP contribution in [0, 0.1) is 69.0 Å². The summed E-state index contributed by atoms with van der Waals surface area (Å²) in [5.41, 5.74) is -1.07. The predicted octanol–water partition coefficient (Wildman–Crippen LogP) is 16.8. The van der Waals surface area contributed by atoms with E-state index in [1.54, 1.807) is 48.6 Å². The standard InChI is InChI=1S/C50H64ClF3N6O8S.C49H62ClF3N6O8S/c1-8-31-23-49(31,46(64)65-7)24-39(61)38-20-33(25-60(38)45(63)35(48(4,5)6)21-42(62)68-32-18-29-17-30(29)19-32)67-41-22-36(37-26-69-47(57-37)55-28(2)3)56-44-34(41)9-10-40(43(44)51)66-16-15-58-11-13-59(14-12-58)27-50(52,53)54;1-7-30-22-48(30,45(63)64)23-38(60)37-19-32(24-59(37)44(62)34(47(4,5)6)20-41(61)67-31-17-28-16-29(28)18-31)66-40-21-35(36-25-68-46(56-36)54-27(2)3)55-43-33(40)8-9-39(42(43)50)65-15-14-57-10-12-58(13-11-57)26-49(51,52)53/h8-10,22,26,28-33,35,38H,1,11-21,23-25,27H2,2-7H3,(H,55,57);7-9,21,25,27-32,34,37H,1,10-20,22-24,26H2,2-6H3,(H,54,56)(H,63,64)/t29-,30+,31-,32?,33-,35-,38+,49?;28-,29+,30-,31?,32-,34-,37+,48?/m11/s1. The third-order valence-electron chi connectivity index (χ3n) is 28.8. The normalized spacial score (nSPS) is 26.5. The monoisotopic (exact) mass is 1990 g/mol. The molecule has 28 nitrogen and oxygen atoms in total. The zero-order valence-electron chi connectivity index (χ0n) is 79.5. The van der Waals surface area contributed by atoms with Crippen LogP contribution in [0.4, 0.5) is 36.6 Å². The first-order valence-electron chi connectivity index (χ1n) is 47.7. The maximum absolute atomic E-state index is 15.0. The number of nitrogens with zero attached hydrogens (tertiary/aromatic N) is 10. The number of benzene rings is 2. The minimum atomic E-state index is -4.25. The van der Waals surface area contributed by atoms with E-state index in [1.807, 2.05) is 89.8 Å². The molecule has 4 saturated heterocycles. The molecule has 3 N–H and O–H groups in total. The summed E-state index contributed by atoms with van der Waals surface area (Å²) in [5.74, 6) is -2.44. The number of nitrogens with one attached hydrogen (secondary N) is 2. The number of piperazine rings is 2. The van der Waals surface area contributed by atoms with Gasteiger partial charge >= 0.3 is 36.2 Å². The van der Waals surface area contributed by atoms with Crippen molar-refractivity contribution in [2.24, 2.45) is 69.0 Å². The second kappa shape index (κ2) is 41.6. The highest BCUT2D eigenvalue weighted by Gasteiger charge is 2.63. The van der Waals surface area contributed by atoms with Gasteiger partial charge in [0.2, 0.25) is 11.8 Å². The average molecular weight is 1990 g/mol. The van der Waals surface area contributed by atoms with Gasteiger partial charge in [0.25, 0.3) is 0 Å². The molecule has 4 aromatic heterocycles. The van der Waals surface area contributed by atoms with Crippen molar-refractivity contribution in [1.29, 1.82) is 0 Å². The molecule has 2 aromatic carbocycles. The van der Waals surface area contributed by atoms with E-state index in [2.05, 4.69) is 23.8 Å². The van der Waals surface area contributed by atoms with E-state index in [9.17, 15) is 69.8 Å². The number of carboxylic acids is 1. The van der Waals surface area contributed by atoms with Crippen LogP contribution in [0.3, 0.4) is 0 Å². The van der Waals surface area contributed by atoms with Crippen LogP contribution < -0.4 is 29.6 Å². The Labute approximate surface area is 812 Å². The van der Waals surface area contributed by atoms with Gasteiger partial charge in [-0.25, -0.2) is 19.9 Å². The number of anilines is 2. The summed E-state index contributed by atoms with van der Waals surface area (Å²) in [7, 11) is 1.29. The number of carbonyl (C=O) groups excluding carboxylic acids is 7. The van der Waals surface area contributed by atoms with Gasteiger partial charge in [-0.1, -0.05) is 76.9 Å². The minimum Gasteiger partial charge on any atom is -0.491 e. The molecule has 4 aliphatic heterocycles. The molecule has 746 valence electrons. The lowest BCUT2D eigenvalue weighted by Crippen LogP contribution is -2.49. The van der Waals surface area contributed by atoms with Crippen LogP contribution in [0.5, 0.6) is 23.0 Å². The molecule has 6 saturated carbocycles. The van der Waals surface area contributed by atoms with Crippen molar-refractivity contribution < 1.29 is 103 Å². The molecule has 10 fully saturated rings. The molecule has 38 heteroatoms. The fraction of sp³-hybridized carbons (Fsp3) is 0.636. The Morgan fingerprint density at radius 3 is 1.23 bits per heavy atom. The van der Waals surface area contributed by atoms with Crippen molar-refractivity contribution in [2.75, 3.05) is 123 Å². The molecule has 137 heavy (non-hydrogen) atoms. The van der Waals surface area contributed by atoms with Crippen LogP contribution in [0.15, 0.2) is 72.5 Å². The summed E-state index contributed by atoms with van der Waals surface area (Å²) in [6.07, 6.45) is -1.28. The molecular weight excluding hydrogens is 1860 g/mol. The maximum Gasteiger partial charge on any atom is 0.401 e. The Hall–Kier alpha value is -9.04. The van der Waals surface area contributed by atoms with Gasteiger partial charge in [-0.3, -0.25) is 58.0 Å². The molecule has 0 radical (unpaired) electrons. The number of carbonyl (C=O) groups is 8. The Morgan fingerprint density at radius 1 is 0.518 bits per heavy atom. The van der Waals surface area contributed by atoms with Crippen LogP contribution in [0.2, 0.25) is 10.0 Å². The summed E-state index contributed by atoms with van der Waals surface area (Å²) < 4.78 is 121. The lowest BCUT2D eigenvalue weighted by atomic mass is 9.77. The van der Waals surface area contributed by atoms with E-state index in [1.165, 1.54) is 62.2 Å². The number of halogens is 8. The molecule has 0 spiro atoms. The number of ether oxygens (including phenoxy) is 7. The fourth-order valence-electron chi connectivity index (χ4n) is 20.8. The molecular formula is C99H126Cl2F6N12O16S2. The highest BCUT2D eigenvalue weighted by molar-refractivity contribution is 7.14. The van der Waals surface area contributed by atoms with E-state index < -0.39 is 119 Å². The first-order valence-corrected chi connectivity index (χ1v) is 50.2. The van der Waals surface area contributed by atoms with Crippen molar-refractivity contribution in [2.45, 2.75) is 220 Å². The minimum absolute atomic E-state index is 0.0106. The van der Waals surface area contributed by atoms with E-state index in [-0.39, 0.29) is 129 Å². The fourth-order valence-corrected chi connectivity index (χ4v) is 23.0. The summed E-state index contributed by atoms with van der Waals surface area (Å²) in [6.45, 7) is 29.6.